The minimum Gasteiger partial charge on any atom is -0.497 e. The average molecular weight is 584 g/mol. The van der Waals surface area contributed by atoms with Crippen molar-refractivity contribution in [1.82, 2.24) is 14.0 Å². The van der Waals surface area contributed by atoms with Gasteiger partial charge in [0.2, 0.25) is 0 Å². The monoisotopic (exact) mass is 583 g/mol. The number of hydrogen-bond donors (Lipinski definition) is 1. The second kappa shape index (κ2) is 10.7. The van der Waals surface area contributed by atoms with Gasteiger partial charge in [0.05, 0.1) is 45.5 Å². The summed E-state index contributed by atoms with van der Waals surface area (Å²) in [4.78, 5) is 30.9. The second-order valence-corrected chi connectivity index (χ2v) is 11.1. The maximum atomic E-state index is 13.8. The molecule has 1 unspecified atom stereocenters. The van der Waals surface area contributed by atoms with Crippen molar-refractivity contribution < 1.29 is 37.6 Å². The lowest BCUT2D eigenvalue weighted by atomic mass is 9.70. The molecule has 5 rings (SSSR count). The van der Waals surface area contributed by atoms with E-state index in [1.165, 1.54) is 38.0 Å². The van der Waals surface area contributed by atoms with Crippen molar-refractivity contribution in [2.75, 3.05) is 21.3 Å². The third kappa shape index (κ3) is 4.90. The van der Waals surface area contributed by atoms with Crippen molar-refractivity contribution in [2.45, 2.75) is 46.3 Å². The number of carbonyl (C=O) groups is 1. The van der Waals surface area contributed by atoms with Crippen molar-refractivity contribution in [3.8, 4) is 34.4 Å². The number of hydrogen-bond acceptors (Lipinski definition) is 7. The molecule has 222 valence electrons. The lowest BCUT2D eigenvalue weighted by molar-refractivity contribution is -0.0492. The van der Waals surface area contributed by atoms with Gasteiger partial charge in [-0.2, -0.15) is 8.78 Å². The minimum absolute atomic E-state index is 0.0522. The van der Waals surface area contributed by atoms with Gasteiger partial charge in [-0.15, -0.1) is 0 Å². The van der Waals surface area contributed by atoms with Crippen LogP contribution in [-0.2, 0) is 13.0 Å². The third-order valence-corrected chi connectivity index (χ3v) is 7.63. The van der Waals surface area contributed by atoms with E-state index in [2.05, 4.69) is 0 Å². The van der Waals surface area contributed by atoms with E-state index in [0.29, 0.717) is 46.1 Å². The highest BCUT2D eigenvalue weighted by Gasteiger charge is 2.39. The number of methoxy groups -OCH3 is 3. The maximum absolute atomic E-state index is 13.8. The fourth-order valence-corrected chi connectivity index (χ4v) is 5.57. The Balaban J connectivity index is 1.88. The van der Waals surface area contributed by atoms with Crippen LogP contribution in [0, 0.1) is 5.41 Å². The number of pyridine rings is 2. The van der Waals surface area contributed by atoms with Crippen molar-refractivity contribution in [2.24, 2.45) is 5.41 Å². The highest BCUT2D eigenvalue weighted by atomic mass is 19.3. The number of carboxylic acids is 1. The molecule has 10 nitrogen and oxygen atoms in total. The molecule has 0 saturated carbocycles. The van der Waals surface area contributed by atoms with Gasteiger partial charge in [-0.25, -0.2) is 9.78 Å². The van der Waals surface area contributed by atoms with Gasteiger partial charge < -0.3 is 28.6 Å². The van der Waals surface area contributed by atoms with Gasteiger partial charge >= 0.3 is 12.6 Å². The van der Waals surface area contributed by atoms with E-state index in [0.717, 1.165) is 0 Å². The molecule has 1 aromatic carbocycles. The maximum Gasteiger partial charge on any atom is 0.387 e. The normalized spacial score (nSPS) is 14.5. The fourth-order valence-electron chi connectivity index (χ4n) is 5.57. The molecule has 1 N–H and O–H groups in total. The zero-order valence-electron chi connectivity index (χ0n) is 24.0. The molecule has 0 bridgehead atoms. The number of imidazole rings is 1. The van der Waals surface area contributed by atoms with Crippen LogP contribution in [0.2, 0.25) is 0 Å². The van der Waals surface area contributed by atoms with Crippen LogP contribution in [0.5, 0.6) is 23.0 Å². The Bertz CT molecular complexity index is 1750. The van der Waals surface area contributed by atoms with E-state index in [-0.39, 0.29) is 35.2 Å². The van der Waals surface area contributed by atoms with Crippen molar-refractivity contribution in [3.63, 3.8) is 0 Å². The number of aromatic carboxylic acids is 1. The largest absolute Gasteiger partial charge is 0.497 e. The standard InChI is InChI=1S/C30H31F2N3O7/c1-30(2,3)20-12-21-24(33-26-23(42-29(31)32)10-17(40-5)14-34(21)26)25-18(20)11-19(28(37)38)27(36)35(25)13-15-7-8-16(39-4)9-22(15)41-6/h7-11,14,20,29H,12-13H2,1-6H3,(H,37,38). The summed E-state index contributed by atoms with van der Waals surface area (Å²) < 4.78 is 50.9. The number of nitrogens with zero attached hydrogens (tertiary/aromatic N) is 3. The number of benzene rings is 1. The van der Waals surface area contributed by atoms with Crippen molar-refractivity contribution >= 4 is 11.6 Å². The molecular weight excluding hydrogens is 552 g/mol. The molecule has 1 aliphatic carbocycles. The van der Waals surface area contributed by atoms with Gasteiger partial charge in [-0.3, -0.25) is 9.20 Å². The van der Waals surface area contributed by atoms with E-state index in [1.807, 2.05) is 20.8 Å². The SMILES string of the molecule is COc1ccc(Cn2c3c(cc(C(=O)O)c2=O)C(C(C)(C)C)Cc2c-3nc3c(OC(F)F)cc(OC)cn23)c(OC)c1. The lowest BCUT2D eigenvalue weighted by Crippen LogP contribution is -2.34. The summed E-state index contributed by atoms with van der Waals surface area (Å²) in [6.07, 6.45) is 2.02. The molecule has 3 aromatic heterocycles. The Morgan fingerprint density at radius 3 is 2.36 bits per heavy atom. The summed E-state index contributed by atoms with van der Waals surface area (Å²) in [5.41, 5.74) is 1.22. The zero-order valence-corrected chi connectivity index (χ0v) is 24.0. The topological polar surface area (TPSA) is 114 Å². The summed E-state index contributed by atoms with van der Waals surface area (Å²) in [6.45, 7) is 2.89. The van der Waals surface area contributed by atoms with E-state index in [1.54, 1.807) is 28.8 Å². The van der Waals surface area contributed by atoms with Crippen LogP contribution >= 0.6 is 0 Å². The molecule has 0 fully saturated rings. The van der Waals surface area contributed by atoms with Crippen LogP contribution in [0.15, 0.2) is 41.3 Å². The molecule has 0 aliphatic heterocycles. The Labute approximate surface area is 240 Å². The van der Waals surface area contributed by atoms with E-state index in [4.69, 9.17) is 23.9 Å². The Hall–Kier alpha value is -4.61. The molecule has 1 aliphatic rings. The number of ether oxygens (including phenoxy) is 4. The van der Waals surface area contributed by atoms with Gasteiger partial charge in [0, 0.05) is 17.7 Å². The van der Waals surface area contributed by atoms with Crippen LogP contribution in [-0.4, -0.2) is 53.0 Å². The van der Waals surface area contributed by atoms with Crippen molar-refractivity contribution in [1.29, 1.82) is 0 Å². The van der Waals surface area contributed by atoms with Gasteiger partial charge in [0.15, 0.2) is 11.4 Å². The fraction of sp³-hybridized carbons (Fsp3) is 0.367. The van der Waals surface area contributed by atoms with E-state index >= 15 is 0 Å². The van der Waals surface area contributed by atoms with Crippen LogP contribution in [0.3, 0.4) is 0 Å². The predicted molar refractivity (Wildman–Crippen MR) is 150 cm³/mol. The third-order valence-electron chi connectivity index (χ3n) is 7.63. The molecule has 1 atom stereocenters. The second-order valence-electron chi connectivity index (χ2n) is 11.1. The molecule has 0 radical (unpaired) electrons. The first-order valence-electron chi connectivity index (χ1n) is 13.1. The number of fused-ring (bicyclic) bond motifs is 5. The van der Waals surface area contributed by atoms with Gasteiger partial charge in [0.1, 0.15) is 28.5 Å². The number of aromatic nitrogens is 3. The van der Waals surface area contributed by atoms with E-state index in [9.17, 15) is 23.5 Å². The molecule has 0 saturated heterocycles. The Morgan fingerprint density at radius 2 is 1.76 bits per heavy atom. The van der Waals surface area contributed by atoms with Gasteiger partial charge in [-0.05, 0) is 41.5 Å². The first kappa shape index (κ1) is 28.9. The summed E-state index contributed by atoms with van der Waals surface area (Å²) in [5.74, 6) is -0.567. The molecular formula is C30H31F2N3O7. The Kier molecular flexibility index (Phi) is 7.33. The number of rotatable bonds is 8. The number of alkyl halides is 2. The molecule has 3 heterocycles. The van der Waals surface area contributed by atoms with Gasteiger partial charge in [0.25, 0.3) is 5.56 Å². The summed E-state index contributed by atoms with van der Waals surface area (Å²) in [5, 5.41) is 10.0. The summed E-state index contributed by atoms with van der Waals surface area (Å²) in [6, 6.07) is 7.86. The Morgan fingerprint density at radius 1 is 1.07 bits per heavy atom. The van der Waals surface area contributed by atoms with Crippen LogP contribution in [0.1, 0.15) is 53.9 Å². The predicted octanol–water partition coefficient (Wildman–Crippen LogP) is 5.22. The number of halogens is 2. The molecule has 42 heavy (non-hydrogen) atoms. The highest BCUT2D eigenvalue weighted by Crippen LogP contribution is 2.48. The molecule has 0 spiro atoms. The lowest BCUT2D eigenvalue weighted by Gasteiger charge is -2.36. The van der Waals surface area contributed by atoms with E-state index < -0.39 is 23.6 Å². The highest BCUT2D eigenvalue weighted by molar-refractivity contribution is 5.88. The van der Waals surface area contributed by atoms with Crippen LogP contribution in [0.4, 0.5) is 8.78 Å². The van der Waals surface area contributed by atoms with Crippen LogP contribution in [0.25, 0.3) is 17.0 Å². The molecule has 12 heteroatoms. The van der Waals surface area contributed by atoms with Crippen molar-refractivity contribution in [3.05, 3.63) is 69.3 Å². The zero-order chi connectivity index (χ0) is 30.5. The van der Waals surface area contributed by atoms with Gasteiger partial charge in [-0.1, -0.05) is 20.8 Å². The first-order valence-corrected chi connectivity index (χ1v) is 13.1. The average Bonchev–Trinajstić information content (AvgIpc) is 3.31. The van der Waals surface area contributed by atoms with Crippen LogP contribution < -0.4 is 24.5 Å². The minimum atomic E-state index is -3.11. The first-order chi connectivity index (χ1) is 19.9. The molecule has 4 aromatic rings. The quantitative estimate of drug-likeness (QED) is 0.300. The number of carboxylic acid groups (broad SMARTS) is 1. The summed E-state index contributed by atoms with van der Waals surface area (Å²) >= 11 is 0. The summed E-state index contributed by atoms with van der Waals surface area (Å²) in [7, 11) is 4.42. The molecule has 0 amide bonds. The smallest absolute Gasteiger partial charge is 0.387 e.